The highest BCUT2D eigenvalue weighted by atomic mass is 16.6. The van der Waals surface area contributed by atoms with Gasteiger partial charge < -0.3 is 9.47 Å². The number of hydrogen-bond donors (Lipinski definition) is 0. The van der Waals surface area contributed by atoms with Crippen LogP contribution >= 0.6 is 0 Å². The van der Waals surface area contributed by atoms with Crippen molar-refractivity contribution in [1.82, 2.24) is 0 Å². The molecule has 0 aromatic rings. The van der Waals surface area contributed by atoms with Crippen LogP contribution in [-0.2, 0) is 19.1 Å². The van der Waals surface area contributed by atoms with Gasteiger partial charge in [-0.25, -0.2) is 0 Å². The first-order chi connectivity index (χ1) is 22.0. The van der Waals surface area contributed by atoms with Crippen LogP contribution in [0.3, 0.4) is 0 Å². The Hall–Kier alpha value is -1.46. The van der Waals surface area contributed by atoms with Crippen LogP contribution in [0.1, 0.15) is 213 Å². The third-order valence-electron chi connectivity index (χ3n) is 9.23. The molecule has 6 nitrogen and oxygen atoms in total. The number of rotatable bonds is 35. The van der Waals surface area contributed by atoms with E-state index in [9.17, 15) is 9.59 Å². The van der Waals surface area contributed by atoms with Gasteiger partial charge in [0.1, 0.15) is 12.7 Å². The molecule has 0 N–H and O–H groups in total. The lowest BCUT2D eigenvalue weighted by Gasteiger charge is -2.13. The van der Waals surface area contributed by atoms with Crippen molar-refractivity contribution in [3.8, 4) is 0 Å². The van der Waals surface area contributed by atoms with Crippen molar-refractivity contribution >= 4 is 11.9 Å². The maximum absolute atomic E-state index is 12.1. The summed E-state index contributed by atoms with van der Waals surface area (Å²) in [5, 5.41) is 8.60. The van der Waals surface area contributed by atoms with Gasteiger partial charge in [0.05, 0.1) is 0 Å². The molecule has 0 aromatic carbocycles. The molecule has 1 unspecified atom stereocenters. The van der Waals surface area contributed by atoms with Gasteiger partial charge in [0.25, 0.3) is 0 Å². The van der Waals surface area contributed by atoms with Crippen LogP contribution < -0.4 is 0 Å². The standard InChI is InChI=1S/C39H73N2O4/c1-4-6-8-9-10-11-12-13-14-15-16-19-22-25-28-31-37(42)44-35-36(3)45-38(43)32-29-26-23-20-17-18-21-24-27-30-34-39(40-41-39)33-7-5-2/h36H,3-35H2,1-2H3. The molecule has 0 saturated carbocycles. The molecule has 6 heteroatoms. The number of nitrogens with zero attached hydrogens (tertiary/aromatic N) is 2. The molecule has 0 amide bonds. The summed E-state index contributed by atoms with van der Waals surface area (Å²) in [7, 11) is 0. The SMILES string of the molecule is [CH2]C(COC(=O)CCCCCCCCCCCCCCCCC)OC(=O)CCCCCCCCCCCCC1(CCCC)N=N1. The van der Waals surface area contributed by atoms with Crippen LogP contribution in [0.15, 0.2) is 10.2 Å². The zero-order valence-electron chi connectivity index (χ0n) is 29.9. The van der Waals surface area contributed by atoms with Gasteiger partial charge in [-0.2, -0.15) is 10.2 Å². The van der Waals surface area contributed by atoms with Crippen LogP contribution in [0.2, 0.25) is 0 Å². The number of carbonyl (C=O) groups excluding carboxylic acids is 2. The van der Waals surface area contributed by atoms with Crippen molar-refractivity contribution in [2.45, 2.75) is 225 Å². The number of esters is 2. The number of unbranched alkanes of at least 4 members (excludes halogenated alkanes) is 24. The fourth-order valence-corrected chi connectivity index (χ4v) is 6.12. The second kappa shape index (κ2) is 29.9. The van der Waals surface area contributed by atoms with Gasteiger partial charge in [0.2, 0.25) is 0 Å². The summed E-state index contributed by atoms with van der Waals surface area (Å²) in [6.07, 6.45) is 36.6. The summed E-state index contributed by atoms with van der Waals surface area (Å²) in [6.45, 7) is 8.38. The normalized spacial score (nSPS) is 14.0. The van der Waals surface area contributed by atoms with Crippen LogP contribution in [-0.4, -0.2) is 30.3 Å². The van der Waals surface area contributed by atoms with Crippen molar-refractivity contribution < 1.29 is 19.1 Å². The predicted molar refractivity (Wildman–Crippen MR) is 188 cm³/mol. The summed E-state index contributed by atoms with van der Waals surface area (Å²) in [5.74, 6) is -0.452. The van der Waals surface area contributed by atoms with E-state index in [-0.39, 0.29) is 24.2 Å². The van der Waals surface area contributed by atoms with Crippen LogP contribution in [0, 0.1) is 6.92 Å². The molecule has 1 heterocycles. The lowest BCUT2D eigenvalue weighted by Crippen LogP contribution is -2.22. The minimum absolute atomic E-state index is 0.0226. The third kappa shape index (κ3) is 27.4. The van der Waals surface area contributed by atoms with Crippen molar-refractivity contribution in [3.05, 3.63) is 6.92 Å². The minimum Gasteiger partial charge on any atom is -0.462 e. The van der Waals surface area contributed by atoms with Gasteiger partial charge in [-0.05, 0) is 45.4 Å². The highest BCUT2D eigenvalue weighted by molar-refractivity contribution is 5.70. The number of hydrogen-bond acceptors (Lipinski definition) is 6. The number of carbonyl (C=O) groups is 2. The van der Waals surface area contributed by atoms with Gasteiger partial charge in [-0.3, -0.25) is 9.59 Å². The highest BCUT2D eigenvalue weighted by Gasteiger charge is 2.37. The molecule has 1 atom stereocenters. The van der Waals surface area contributed by atoms with Crippen LogP contribution in [0.5, 0.6) is 0 Å². The maximum Gasteiger partial charge on any atom is 0.306 e. The summed E-state index contributed by atoms with van der Waals surface area (Å²) >= 11 is 0. The van der Waals surface area contributed by atoms with E-state index >= 15 is 0 Å². The molecule has 1 radical (unpaired) electrons. The first-order valence-corrected chi connectivity index (χ1v) is 19.6. The molecule has 1 aliphatic rings. The largest absolute Gasteiger partial charge is 0.462 e. The first-order valence-electron chi connectivity index (χ1n) is 19.6. The van der Waals surface area contributed by atoms with Gasteiger partial charge in [-0.1, -0.05) is 162 Å². The van der Waals surface area contributed by atoms with E-state index < -0.39 is 6.10 Å². The van der Waals surface area contributed by atoms with Gasteiger partial charge >= 0.3 is 11.9 Å². The van der Waals surface area contributed by atoms with Crippen molar-refractivity contribution in [2.24, 2.45) is 10.2 Å². The number of ether oxygens (including phenoxy) is 2. The van der Waals surface area contributed by atoms with E-state index in [4.69, 9.17) is 9.47 Å². The maximum atomic E-state index is 12.1. The summed E-state index contributed by atoms with van der Waals surface area (Å²) in [5.41, 5.74) is 0.0226. The second-order valence-corrected chi connectivity index (χ2v) is 13.8. The molecule has 1 aliphatic heterocycles. The second-order valence-electron chi connectivity index (χ2n) is 13.8. The van der Waals surface area contributed by atoms with E-state index in [0.717, 1.165) is 38.5 Å². The summed E-state index contributed by atoms with van der Waals surface area (Å²) in [6, 6.07) is 0. The Balaban J connectivity index is 1.79. The van der Waals surface area contributed by atoms with Crippen molar-refractivity contribution in [1.29, 1.82) is 0 Å². The molecule has 45 heavy (non-hydrogen) atoms. The lowest BCUT2D eigenvalue weighted by molar-refractivity contribution is -0.156. The van der Waals surface area contributed by atoms with Crippen molar-refractivity contribution in [2.75, 3.05) is 6.61 Å². The average Bonchev–Trinajstić information content (AvgIpc) is 3.81. The van der Waals surface area contributed by atoms with Gasteiger partial charge in [0, 0.05) is 12.8 Å². The summed E-state index contributed by atoms with van der Waals surface area (Å²) in [4.78, 5) is 24.1. The van der Waals surface area contributed by atoms with Crippen LogP contribution in [0.4, 0.5) is 0 Å². The Morgan fingerprint density at radius 1 is 0.511 bits per heavy atom. The fraction of sp³-hybridized carbons (Fsp3) is 0.923. The van der Waals surface area contributed by atoms with Gasteiger partial charge in [-0.15, -0.1) is 0 Å². The van der Waals surface area contributed by atoms with E-state index in [0.29, 0.717) is 12.8 Å². The molecule has 0 fully saturated rings. The monoisotopic (exact) mass is 634 g/mol. The predicted octanol–water partition coefficient (Wildman–Crippen LogP) is 12.6. The van der Waals surface area contributed by atoms with E-state index in [1.54, 1.807) is 0 Å². The molecule has 0 saturated heterocycles. The average molecular weight is 634 g/mol. The third-order valence-corrected chi connectivity index (χ3v) is 9.23. The fourth-order valence-electron chi connectivity index (χ4n) is 6.12. The lowest BCUT2D eigenvalue weighted by atomic mass is 9.98. The Bertz CT molecular complexity index is 720. The molecular formula is C39H73N2O4. The summed E-state index contributed by atoms with van der Waals surface area (Å²) < 4.78 is 10.6. The van der Waals surface area contributed by atoms with E-state index in [2.05, 4.69) is 31.0 Å². The van der Waals surface area contributed by atoms with Gasteiger partial charge in [0.15, 0.2) is 5.66 Å². The highest BCUT2D eigenvalue weighted by Crippen LogP contribution is 2.38. The zero-order valence-corrected chi connectivity index (χ0v) is 29.9. The Morgan fingerprint density at radius 2 is 0.867 bits per heavy atom. The van der Waals surface area contributed by atoms with Crippen molar-refractivity contribution in [3.63, 3.8) is 0 Å². The first kappa shape index (κ1) is 41.6. The van der Waals surface area contributed by atoms with Crippen LogP contribution in [0.25, 0.3) is 0 Å². The van der Waals surface area contributed by atoms with E-state index in [1.807, 2.05) is 0 Å². The molecule has 0 spiro atoms. The smallest absolute Gasteiger partial charge is 0.306 e. The molecule has 263 valence electrons. The Labute approximate surface area is 279 Å². The Morgan fingerprint density at radius 3 is 1.29 bits per heavy atom. The van der Waals surface area contributed by atoms with E-state index in [1.165, 1.54) is 148 Å². The molecule has 0 aromatic heterocycles. The molecular weight excluding hydrogens is 560 g/mol. The minimum atomic E-state index is -0.627. The topological polar surface area (TPSA) is 77.3 Å². The zero-order chi connectivity index (χ0) is 32.7. The molecule has 1 rings (SSSR count). The molecule has 0 bridgehead atoms. The Kier molecular flexibility index (Phi) is 27.6. The quantitative estimate of drug-likeness (QED) is 0.0514. The molecule has 0 aliphatic carbocycles.